The second-order valence-electron chi connectivity index (χ2n) is 8.29. The summed E-state index contributed by atoms with van der Waals surface area (Å²) in [5, 5.41) is 6.85. The molecule has 2 fully saturated rings. The van der Waals surface area contributed by atoms with Crippen LogP contribution in [0.4, 0.5) is 5.95 Å². The van der Waals surface area contributed by atoms with Gasteiger partial charge in [0.1, 0.15) is 19.1 Å². The first-order valence-corrected chi connectivity index (χ1v) is 12.1. The van der Waals surface area contributed by atoms with Gasteiger partial charge in [-0.2, -0.15) is 19.4 Å². The van der Waals surface area contributed by atoms with E-state index in [1.165, 1.54) is 5.70 Å². The minimum Gasteiger partial charge on any atom is -0.338 e. The number of carbonyl (C=O) groups excluding carboxylic acids is 1. The zero-order valence-corrected chi connectivity index (χ0v) is 18.6. The fourth-order valence-corrected chi connectivity index (χ4v) is 5.84. The van der Waals surface area contributed by atoms with Crippen LogP contribution in [0, 0.1) is 0 Å². The lowest BCUT2D eigenvalue weighted by Crippen LogP contribution is -2.60. The van der Waals surface area contributed by atoms with Gasteiger partial charge in [-0.15, -0.1) is 16.8 Å². The molecule has 2 aromatic heterocycles. The van der Waals surface area contributed by atoms with Gasteiger partial charge in [0, 0.05) is 43.7 Å². The molecule has 6 heterocycles. The molecule has 2 saturated heterocycles. The number of fused-ring (bicyclic) bond motifs is 1. The van der Waals surface area contributed by atoms with Crippen LogP contribution in [0.5, 0.6) is 0 Å². The van der Waals surface area contributed by atoms with Crippen molar-refractivity contribution < 1.29 is 9.39 Å². The van der Waals surface area contributed by atoms with Gasteiger partial charge in [0.25, 0.3) is 5.91 Å². The van der Waals surface area contributed by atoms with Crippen LogP contribution in [0.25, 0.3) is 5.82 Å². The lowest BCUT2D eigenvalue weighted by molar-refractivity contribution is -0.948. The number of hydrogen-bond acceptors (Lipinski definition) is 7. The number of carbonyl (C=O) groups is 1. The molecule has 32 heavy (non-hydrogen) atoms. The maximum Gasteiger partial charge on any atom is 0.256 e. The quantitative estimate of drug-likeness (QED) is 0.654. The van der Waals surface area contributed by atoms with E-state index in [-0.39, 0.29) is 5.91 Å². The maximum absolute atomic E-state index is 13.0. The Balaban J connectivity index is 1.17. The molecular weight excluding hydrogens is 424 g/mol. The molecule has 0 unspecified atom stereocenters. The van der Waals surface area contributed by atoms with Crippen LogP contribution < -0.4 is 4.90 Å². The second kappa shape index (κ2) is 7.88. The first-order valence-electron chi connectivity index (χ1n) is 10.9. The number of piperazine rings is 1. The second-order valence-corrected chi connectivity index (χ2v) is 9.37. The van der Waals surface area contributed by atoms with E-state index in [1.807, 2.05) is 34.9 Å². The van der Waals surface area contributed by atoms with Crippen molar-refractivity contribution in [3.63, 3.8) is 0 Å². The average Bonchev–Trinajstić information content (AvgIpc) is 3.63. The molecule has 0 aliphatic carbocycles. The van der Waals surface area contributed by atoms with Gasteiger partial charge in [0.15, 0.2) is 11.5 Å². The van der Waals surface area contributed by atoms with Crippen molar-refractivity contribution in [2.24, 2.45) is 0 Å². The topological polar surface area (TPSA) is 70.4 Å². The molecule has 0 spiro atoms. The standard InChI is InChI=1S/C22H25N8OS/c31-21(27-11-13-32-17-27)18-14-19-4-3-12-30(19,15-18)28-9-7-26(8-10-28)22-24-16-25-29(22)20-5-1-2-6-23-20/h1-6,12,14,16H,7-11,13,15,17H2/q+1/t30-/m1/s1. The van der Waals surface area contributed by atoms with Crippen LogP contribution in [0.15, 0.2) is 66.4 Å². The Bertz CT molecular complexity index is 1110. The minimum absolute atomic E-state index is 0.193. The monoisotopic (exact) mass is 449 g/mol. The minimum atomic E-state index is 0.193. The van der Waals surface area contributed by atoms with Crippen molar-refractivity contribution in [2.75, 3.05) is 55.8 Å². The Morgan fingerprint density at radius 2 is 2.00 bits per heavy atom. The van der Waals surface area contributed by atoms with E-state index in [4.69, 9.17) is 0 Å². The summed E-state index contributed by atoms with van der Waals surface area (Å²) in [6.45, 7) is 4.95. The number of nitrogens with zero attached hydrogens (tertiary/aromatic N) is 8. The highest BCUT2D eigenvalue weighted by Crippen LogP contribution is 2.38. The summed E-state index contributed by atoms with van der Waals surface area (Å²) >= 11 is 1.83. The molecular formula is C22H25N8OS+. The third-order valence-electron chi connectivity index (χ3n) is 6.53. The molecule has 9 nitrogen and oxygen atoms in total. The fraction of sp³-hybridized carbons (Fsp3) is 0.364. The molecule has 1 amide bonds. The van der Waals surface area contributed by atoms with E-state index >= 15 is 0 Å². The zero-order chi connectivity index (χ0) is 21.5. The maximum atomic E-state index is 13.0. The Morgan fingerprint density at radius 3 is 2.78 bits per heavy atom. The number of amides is 1. The molecule has 1 atom stereocenters. The van der Waals surface area contributed by atoms with Gasteiger partial charge in [-0.3, -0.25) is 4.79 Å². The van der Waals surface area contributed by atoms with Crippen LogP contribution >= 0.6 is 11.8 Å². The largest absolute Gasteiger partial charge is 0.338 e. The molecule has 10 heteroatoms. The van der Waals surface area contributed by atoms with E-state index in [2.05, 4.69) is 49.4 Å². The fourth-order valence-electron chi connectivity index (χ4n) is 4.90. The van der Waals surface area contributed by atoms with Crippen molar-refractivity contribution in [3.05, 3.63) is 66.4 Å². The predicted octanol–water partition coefficient (Wildman–Crippen LogP) is 1.40. The number of aromatic nitrogens is 4. The van der Waals surface area contributed by atoms with Crippen LogP contribution in [0.1, 0.15) is 0 Å². The molecule has 6 rings (SSSR count). The van der Waals surface area contributed by atoms with Crippen LogP contribution in [0.2, 0.25) is 0 Å². The first kappa shape index (κ1) is 19.7. The van der Waals surface area contributed by atoms with E-state index in [0.29, 0.717) is 11.1 Å². The molecule has 4 aliphatic rings. The summed E-state index contributed by atoms with van der Waals surface area (Å²) in [5.74, 6) is 3.62. The van der Waals surface area contributed by atoms with E-state index < -0.39 is 0 Å². The molecule has 0 aromatic carbocycles. The van der Waals surface area contributed by atoms with Crippen LogP contribution in [0.3, 0.4) is 0 Å². The summed E-state index contributed by atoms with van der Waals surface area (Å²) in [7, 11) is 0. The Kier molecular flexibility index (Phi) is 4.85. The number of allylic oxidation sites excluding steroid dienone is 3. The summed E-state index contributed by atoms with van der Waals surface area (Å²) in [5.41, 5.74) is 2.10. The number of hydrogen-bond donors (Lipinski definition) is 0. The number of rotatable bonds is 4. The van der Waals surface area contributed by atoms with Crippen molar-refractivity contribution in [1.29, 1.82) is 0 Å². The first-order chi connectivity index (χ1) is 15.7. The lowest BCUT2D eigenvalue weighted by atomic mass is 10.2. The summed E-state index contributed by atoms with van der Waals surface area (Å²) in [6, 6.07) is 5.79. The molecule has 0 radical (unpaired) electrons. The van der Waals surface area contributed by atoms with Crippen LogP contribution in [-0.2, 0) is 4.79 Å². The van der Waals surface area contributed by atoms with Gasteiger partial charge in [-0.1, -0.05) is 6.07 Å². The Hall–Kier alpha value is -2.95. The molecule has 4 aliphatic heterocycles. The highest BCUT2D eigenvalue weighted by molar-refractivity contribution is 7.99. The summed E-state index contributed by atoms with van der Waals surface area (Å²) in [6.07, 6.45) is 11.9. The average molecular weight is 450 g/mol. The molecule has 2 aromatic rings. The van der Waals surface area contributed by atoms with Gasteiger partial charge < -0.3 is 9.80 Å². The van der Waals surface area contributed by atoms with Gasteiger partial charge >= 0.3 is 0 Å². The Morgan fingerprint density at radius 1 is 1.09 bits per heavy atom. The number of pyridine rings is 1. The van der Waals surface area contributed by atoms with Gasteiger partial charge in [0.05, 0.1) is 24.5 Å². The third kappa shape index (κ3) is 3.17. The molecule has 0 bridgehead atoms. The molecule has 0 saturated carbocycles. The smallest absolute Gasteiger partial charge is 0.256 e. The normalized spacial score (nSPS) is 25.2. The van der Waals surface area contributed by atoms with E-state index in [9.17, 15) is 4.79 Å². The van der Waals surface area contributed by atoms with E-state index in [0.717, 1.165) is 61.7 Å². The summed E-state index contributed by atoms with van der Waals surface area (Å²) in [4.78, 5) is 26.2. The number of anilines is 1. The predicted molar refractivity (Wildman–Crippen MR) is 122 cm³/mol. The number of thioether (sulfide) groups is 1. The van der Waals surface area contributed by atoms with Crippen molar-refractivity contribution in [3.8, 4) is 5.82 Å². The molecule has 0 N–H and O–H groups in total. The van der Waals surface area contributed by atoms with Crippen molar-refractivity contribution in [1.82, 2.24) is 29.7 Å². The van der Waals surface area contributed by atoms with Crippen LogP contribution in [-0.4, -0.2) is 91.1 Å². The lowest BCUT2D eigenvalue weighted by Gasteiger charge is -2.43. The van der Waals surface area contributed by atoms with E-state index in [1.54, 1.807) is 17.2 Å². The third-order valence-corrected chi connectivity index (χ3v) is 7.50. The Labute approximate surface area is 190 Å². The highest BCUT2D eigenvalue weighted by Gasteiger charge is 2.48. The number of quaternary nitrogens is 1. The molecule has 164 valence electrons. The van der Waals surface area contributed by atoms with Crippen molar-refractivity contribution >= 4 is 23.6 Å². The zero-order valence-electron chi connectivity index (χ0n) is 17.7. The van der Waals surface area contributed by atoms with Gasteiger partial charge in [-0.05, 0) is 18.2 Å². The summed E-state index contributed by atoms with van der Waals surface area (Å²) < 4.78 is 2.42. The van der Waals surface area contributed by atoms with Gasteiger partial charge in [0.2, 0.25) is 5.95 Å². The van der Waals surface area contributed by atoms with Gasteiger partial charge in [-0.25, -0.2) is 4.98 Å². The SMILES string of the molecule is O=C(C1=CC2=CC=C[N@@+]2(N2CCN(c3ncnn3-c3ccccn3)CC2)C1)N1CCSC1. The highest BCUT2D eigenvalue weighted by atomic mass is 32.2. The van der Waals surface area contributed by atoms with Crippen molar-refractivity contribution in [2.45, 2.75) is 0 Å².